The largest absolute Gasteiger partial charge is 0.306 e. The molecule has 0 aliphatic heterocycles. The zero-order valence-corrected chi connectivity index (χ0v) is 19.9. The van der Waals surface area contributed by atoms with Crippen LogP contribution in [0.4, 0.5) is 0 Å². The van der Waals surface area contributed by atoms with E-state index in [0.29, 0.717) is 0 Å². The molecule has 0 unspecified atom stereocenters. The highest BCUT2D eigenvalue weighted by molar-refractivity contribution is 6.38. The van der Waals surface area contributed by atoms with E-state index in [-0.39, 0.29) is 0 Å². The van der Waals surface area contributed by atoms with Gasteiger partial charge in [-0.15, -0.1) is 0 Å². The Morgan fingerprint density at radius 3 is 1.89 bits per heavy atom. The molecule has 0 spiro atoms. The number of para-hydroxylation sites is 1. The first-order valence-corrected chi connectivity index (χ1v) is 12.7. The van der Waals surface area contributed by atoms with Gasteiger partial charge in [0, 0.05) is 38.7 Å². The fourth-order valence-electron chi connectivity index (χ4n) is 6.62. The summed E-state index contributed by atoms with van der Waals surface area (Å²) in [5.74, 6) is 0. The molecule has 3 aromatic heterocycles. The van der Waals surface area contributed by atoms with E-state index in [0.717, 1.165) is 0 Å². The lowest BCUT2D eigenvalue weighted by Crippen LogP contribution is -1.87. The van der Waals surface area contributed by atoms with Crippen molar-refractivity contribution in [3.8, 4) is 22.3 Å². The molecule has 0 aliphatic rings. The average molecular weight is 469 g/mol. The highest BCUT2D eigenvalue weighted by Gasteiger charge is 2.24. The van der Waals surface area contributed by atoms with Crippen molar-refractivity contribution in [1.29, 1.82) is 0 Å². The molecule has 2 heteroatoms. The van der Waals surface area contributed by atoms with Crippen LogP contribution in [0.5, 0.6) is 0 Å². The summed E-state index contributed by atoms with van der Waals surface area (Å²) >= 11 is 0. The van der Waals surface area contributed by atoms with Crippen LogP contribution in [0, 0.1) is 0 Å². The Kier molecular flexibility index (Phi) is 3.56. The van der Waals surface area contributed by atoms with E-state index in [1.807, 2.05) is 12.4 Å². The number of aromatic nitrogens is 2. The van der Waals surface area contributed by atoms with Gasteiger partial charge < -0.3 is 4.40 Å². The first-order chi connectivity index (χ1) is 18.4. The molecule has 170 valence electrons. The highest BCUT2D eigenvalue weighted by Crippen LogP contribution is 2.48. The Morgan fingerprint density at radius 1 is 0.405 bits per heavy atom. The van der Waals surface area contributed by atoms with Gasteiger partial charge in [0.1, 0.15) is 0 Å². The maximum Gasteiger partial charge on any atom is 0.0731 e. The monoisotopic (exact) mass is 468 g/mol. The number of pyridine rings is 1. The minimum Gasteiger partial charge on any atom is -0.306 e. The lowest BCUT2D eigenvalue weighted by Gasteiger charge is -2.10. The summed E-state index contributed by atoms with van der Waals surface area (Å²) in [6.45, 7) is 0. The predicted molar refractivity (Wildman–Crippen MR) is 156 cm³/mol. The summed E-state index contributed by atoms with van der Waals surface area (Å²) in [6, 6.07) is 39.6. The number of hydrogen-bond acceptors (Lipinski definition) is 1. The third-order valence-corrected chi connectivity index (χ3v) is 8.18. The number of benzene rings is 6. The quantitative estimate of drug-likeness (QED) is 0.231. The zero-order valence-electron chi connectivity index (χ0n) is 19.9. The van der Waals surface area contributed by atoms with Crippen molar-refractivity contribution in [2.45, 2.75) is 0 Å². The van der Waals surface area contributed by atoms with Crippen molar-refractivity contribution < 1.29 is 0 Å². The third-order valence-electron chi connectivity index (χ3n) is 8.18. The Morgan fingerprint density at radius 2 is 1.05 bits per heavy atom. The van der Waals surface area contributed by atoms with Gasteiger partial charge >= 0.3 is 0 Å². The van der Waals surface area contributed by atoms with Crippen LogP contribution < -0.4 is 0 Å². The van der Waals surface area contributed by atoms with Crippen LogP contribution in [-0.4, -0.2) is 9.38 Å². The SMILES string of the molecule is c1ccc(-c2ccc(-c3cccc4c5ccc6c7ccccc7c7cncc8c7c6c5n8c34)cc2)cc1. The molecule has 37 heavy (non-hydrogen) atoms. The van der Waals surface area contributed by atoms with Crippen molar-refractivity contribution in [3.63, 3.8) is 0 Å². The van der Waals surface area contributed by atoms with E-state index in [1.165, 1.54) is 81.9 Å². The second kappa shape index (κ2) is 6.83. The molecule has 0 atom stereocenters. The Bertz CT molecular complexity index is 2270. The Hall–Kier alpha value is -4.95. The lowest BCUT2D eigenvalue weighted by atomic mass is 9.94. The summed E-state index contributed by atoms with van der Waals surface area (Å²) in [7, 11) is 0. The molecule has 0 N–H and O–H groups in total. The fourth-order valence-corrected chi connectivity index (χ4v) is 6.62. The summed E-state index contributed by atoms with van der Waals surface area (Å²) in [4.78, 5) is 4.74. The summed E-state index contributed by atoms with van der Waals surface area (Å²) < 4.78 is 2.47. The van der Waals surface area contributed by atoms with E-state index in [1.54, 1.807) is 0 Å². The highest BCUT2D eigenvalue weighted by atomic mass is 14.9. The number of fused-ring (bicyclic) bond motifs is 7. The maximum absolute atomic E-state index is 4.74. The first-order valence-electron chi connectivity index (χ1n) is 12.7. The topological polar surface area (TPSA) is 17.3 Å². The van der Waals surface area contributed by atoms with Crippen LogP contribution in [0.1, 0.15) is 0 Å². The van der Waals surface area contributed by atoms with Gasteiger partial charge in [-0.1, -0.05) is 109 Å². The molecule has 0 bridgehead atoms. The number of hydrogen-bond donors (Lipinski definition) is 0. The molecule has 0 saturated heterocycles. The van der Waals surface area contributed by atoms with E-state index in [4.69, 9.17) is 4.98 Å². The van der Waals surface area contributed by atoms with Gasteiger partial charge in [-0.2, -0.15) is 0 Å². The molecular formula is C35H20N2. The van der Waals surface area contributed by atoms with E-state index >= 15 is 0 Å². The molecule has 2 nitrogen and oxygen atoms in total. The minimum atomic E-state index is 1.18. The molecular weight excluding hydrogens is 448 g/mol. The van der Waals surface area contributed by atoms with Crippen molar-refractivity contribution in [2.24, 2.45) is 0 Å². The smallest absolute Gasteiger partial charge is 0.0731 e. The summed E-state index contributed by atoms with van der Waals surface area (Å²) in [6.07, 6.45) is 4.09. The van der Waals surface area contributed by atoms with Gasteiger partial charge in [0.2, 0.25) is 0 Å². The third kappa shape index (κ3) is 2.37. The van der Waals surface area contributed by atoms with Gasteiger partial charge in [-0.25, -0.2) is 0 Å². The second-order valence-corrected chi connectivity index (χ2v) is 9.99. The van der Waals surface area contributed by atoms with Crippen molar-refractivity contribution in [1.82, 2.24) is 9.38 Å². The molecule has 0 amide bonds. The fraction of sp³-hybridized carbons (Fsp3) is 0. The van der Waals surface area contributed by atoms with Gasteiger partial charge in [-0.3, -0.25) is 4.98 Å². The van der Waals surface area contributed by atoms with Crippen molar-refractivity contribution in [2.75, 3.05) is 0 Å². The minimum absolute atomic E-state index is 1.18. The van der Waals surface area contributed by atoms with Crippen LogP contribution in [0.2, 0.25) is 0 Å². The summed E-state index contributed by atoms with van der Waals surface area (Å²) in [5, 5.41) is 10.4. The molecule has 0 radical (unpaired) electrons. The normalized spacial score (nSPS) is 12.3. The van der Waals surface area contributed by atoms with E-state index in [9.17, 15) is 0 Å². The van der Waals surface area contributed by atoms with Crippen molar-refractivity contribution >= 4 is 59.6 Å². The zero-order chi connectivity index (χ0) is 24.1. The van der Waals surface area contributed by atoms with Crippen LogP contribution in [0.25, 0.3) is 81.9 Å². The van der Waals surface area contributed by atoms with Crippen LogP contribution >= 0.6 is 0 Å². The molecule has 9 aromatic rings. The van der Waals surface area contributed by atoms with Gasteiger partial charge in [-0.05, 0) is 32.8 Å². The molecule has 3 heterocycles. The molecule has 6 aromatic carbocycles. The van der Waals surface area contributed by atoms with E-state index in [2.05, 4.69) is 114 Å². The van der Waals surface area contributed by atoms with E-state index < -0.39 is 0 Å². The molecule has 9 rings (SSSR count). The van der Waals surface area contributed by atoms with Crippen LogP contribution in [0.15, 0.2) is 122 Å². The second-order valence-electron chi connectivity index (χ2n) is 9.99. The summed E-state index contributed by atoms with van der Waals surface area (Å²) in [5.41, 5.74) is 8.69. The van der Waals surface area contributed by atoms with Gasteiger partial charge in [0.05, 0.1) is 22.7 Å². The average Bonchev–Trinajstić information content (AvgIpc) is 3.50. The van der Waals surface area contributed by atoms with Crippen LogP contribution in [0.3, 0.4) is 0 Å². The van der Waals surface area contributed by atoms with Crippen molar-refractivity contribution in [3.05, 3.63) is 122 Å². The maximum atomic E-state index is 4.74. The number of nitrogens with zero attached hydrogens (tertiary/aromatic N) is 2. The predicted octanol–water partition coefficient (Wildman–Crippen LogP) is 9.31. The molecule has 0 fully saturated rings. The van der Waals surface area contributed by atoms with Crippen LogP contribution in [-0.2, 0) is 0 Å². The van der Waals surface area contributed by atoms with Gasteiger partial charge in [0.15, 0.2) is 0 Å². The number of rotatable bonds is 2. The molecule has 0 aliphatic carbocycles. The Labute approximate surface area is 212 Å². The van der Waals surface area contributed by atoms with Gasteiger partial charge in [0.25, 0.3) is 0 Å². The lowest BCUT2D eigenvalue weighted by molar-refractivity contribution is 1.31. The Balaban J connectivity index is 1.43. The first kappa shape index (κ1) is 19.3. The standard InChI is InChI=1S/C35H20N2/c1-2-7-21(8-3-1)22-13-15-23(16-14-22)24-11-6-12-28-29-18-17-27-25-9-4-5-10-26(25)30-19-36-20-31-32(30)33(27)35(29)37(31)34(24)28/h1-20H. The molecule has 0 saturated carbocycles.